The van der Waals surface area contributed by atoms with Crippen LogP contribution in [0.2, 0.25) is 0 Å². The summed E-state index contributed by atoms with van der Waals surface area (Å²) in [5, 5.41) is 0. The molecule has 2 rings (SSSR count). The van der Waals surface area contributed by atoms with E-state index in [4.69, 9.17) is 0 Å². The summed E-state index contributed by atoms with van der Waals surface area (Å²) in [6.07, 6.45) is 0.872. The second-order valence-corrected chi connectivity index (χ2v) is 5.70. The summed E-state index contributed by atoms with van der Waals surface area (Å²) in [6, 6.07) is 13.3. The molecule has 0 saturated carbocycles. The van der Waals surface area contributed by atoms with E-state index in [1.54, 1.807) is 6.07 Å². The molecular weight excluding hydrogens is 291 g/mol. The van der Waals surface area contributed by atoms with Crippen LogP contribution >= 0.6 is 15.9 Å². The van der Waals surface area contributed by atoms with Crippen LogP contribution in [0.25, 0.3) is 0 Å². The van der Waals surface area contributed by atoms with Crippen LogP contribution in [-0.2, 0) is 6.42 Å². The third-order valence-electron chi connectivity index (χ3n) is 3.24. The van der Waals surface area contributed by atoms with E-state index in [0.29, 0.717) is 0 Å². The molecule has 0 aliphatic rings. The van der Waals surface area contributed by atoms with Gasteiger partial charge in [0, 0.05) is 4.83 Å². The topological polar surface area (TPSA) is 0 Å². The maximum absolute atomic E-state index is 13.3. The van der Waals surface area contributed by atoms with Crippen molar-refractivity contribution in [3.05, 3.63) is 70.5 Å². The SMILES string of the molecule is Cc1ccccc1CC(Br)c1cc(F)ccc1C. The molecule has 0 aliphatic heterocycles. The minimum atomic E-state index is -0.176. The zero-order chi connectivity index (χ0) is 13.1. The number of aryl methyl sites for hydroxylation is 2. The van der Waals surface area contributed by atoms with Gasteiger partial charge in [0.2, 0.25) is 0 Å². The molecule has 0 spiro atoms. The lowest BCUT2D eigenvalue weighted by Crippen LogP contribution is -2.00. The van der Waals surface area contributed by atoms with Crippen LogP contribution in [0.15, 0.2) is 42.5 Å². The first-order valence-corrected chi connectivity index (χ1v) is 6.94. The minimum absolute atomic E-state index is 0.147. The number of alkyl halides is 1. The fraction of sp³-hybridized carbons (Fsp3) is 0.250. The molecule has 0 N–H and O–H groups in total. The van der Waals surface area contributed by atoms with Crippen molar-refractivity contribution in [2.24, 2.45) is 0 Å². The Kier molecular flexibility index (Phi) is 4.18. The quantitative estimate of drug-likeness (QED) is 0.690. The molecule has 0 bridgehead atoms. The van der Waals surface area contributed by atoms with E-state index in [1.807, 2.05) is 25.1 Å². The molecule has 0 amide bonds. The molecule has 2 aromatic carbocycles. The van der Waals surface area contributed by atoms with Gasteiger partial charge in [-0.05, 0) is 54.7 Å². The first kappa shape index (κ1) is 13.3. The van der Waals surface area contributed by atoms with Crippen molar-refractivity contribution in [1.82, 2.24) is 0 Å². The highest BCUT2D eigenvalue weighted by Gasteiger charge is 2.13. The van der Waals surface area contributed by atoms with E-state index in [-0.39, 0.29) is 10.6 Å². The van der Waals surface area contributed by atoms with Crippen molar-refractivity contribution >= 4 is 15.9 Å². The average Bonchev–Trinajstić information content (AvgIpc) is 2.35. The predicted octanol–water partition coefficient (Wildman–Crippen LogP) is 5.12. The van der Waals surface area contributed by atoms with Gasteiger partial charge in [-0.2, -0.15) is 0 Å². The van der Waals surface area contributed by atoms with Crippen molar-refractivity contribution in [2.75, 3.05) is 0 Å². The van der Waals surface area contributed by atoms with Crippen LogP contribution in [0.5, 0.6) is 0 Å². The average molecular weight is 307 g/mol. The number of halogens is 2. The summed E-state index contributed by atoms with van der Waals surface area (Å²) < 4.78 is 13.3. The highest BCUT2D eigenvalue weighted by molar-refractivity contribution is 9.09. The lowest BCUT2D eigenvalue weighted by molar-refractivity contribution is 0.624. The van der Waals surface area contributed by atoms with Crippen LogP contribution in [0.4, 0.5) is 4.39 Å². The second kappa shape index (κ2) is 5.66. The van der Waals surface area contributed by atoms with Gasteiger partial charge in [0.05, 0.1) is 0 Å². The highest BCUT2D eigenvalue weighted by Crippen LogP contribution is 2.30. The number of hydrogen-bond acceptors (Lipinski definition) is 0. The first-order valence-electron chi connectivity index (χ1n) is 6.02. The highest BCUT2D eigenvalue weighted by atomic mass is 79.9. The van der Waals surface area contributed by atoms with Gasteiger partial charge < -0.3 is 0 Å². The molecule has 2 heteroatoms. The van der Waals surface area contributed by atoms with Crippen molar-refractivity contribution in [3.8, 4) is 0 Å². The van der Waals surface area contributed by atoms with Crippen LogP contribution in [-0.4, -0.2) is 0 Å². The minimum Gasteiger partial charge on any atom is -0.207 e. The smallest absolute Gasteiger partial charge is 0.123 e. The molecule has 1 unspecified atom stereocenters. The van der Waals surface area contributed by atoms with Crippen molar-refractivity contribution < 1.29 is 4.39 Å². The molecule has 18 heavy (non-hydrogen) atoms. The van der Waals surface area contributed by atoms with Crippen LogP contribution in [0, 0.1) is 19.7 Å². The Bertz CT molecular complexity index is 549. The van der Waals surface area contributed by atoms with E-state index in [0.717, 1.165) is 17.5 Å². The van der Waals surface area contributed by atoms with Gasteiger partial charge in [0.1, 0.15) is 5.82 Å². The van der Waals surface area contributed by atoms with E-state index in [1.165, 1.54) is 17.2 Å². The fourth-order valence-electron chi connectivity index (χ4n) is 2.09. The van der Waals surface area contributed by atoms with E-state index < -0.39 is 0 Å². The molecule has 0 radical (unpaired) electrons. The Labute approximate surface area is 116 Å². The lowest BCUT2D eigenvalue weighted by atomic mass is 9.98. The van der Waals surface area contributed by atoms with Gasteiger partial charge in [0.15, 0.2) is 0 Å². The molecule has 2 aromatic rings. The summed E-state index contributed by atoms with van der Waals surface area (Å²) in [5.41, 5.74) is 4.71. The molecule has 0 saturated heterocycles. The van der Waals surface area contributed by atoms with Gasteiger partial charge in [-0.3, -0.25) is 0 Å². The zero-order valence-corrected chi connectivity index (χ0v) is 12.2. The van der Waals surface area contributed by atoms with E-state index in [2.05, 4.69) is 35.0 Å². The van der Waals surface area contributed by atoms with Crippen LogP contribution in [0.1, 0.15) is 27.1 Å². The third kappa shape index (κ3) is 2.99. The Morgan fingerprint density at radius 2 is 1.78 bits per heavy atom. The van der Waals surface area contributed by atoms with Crippen molar-refractivity contribution in [2.45, 2.75) is 25.1 Å². The first-order chi connectivity index (χ1) is 8.58. The van der Waals surface area contributed by atoms with Gasteiger partial charge in [-0.15, -0.1) is 0 Å². The van der Waals surface area contributed by atoms with Crippen molar-refractivity contribution in [1.29, 1.82) is 0 Å². The molecule has 0 aliphatic carbocycles. The summed E-state index contributed by atoms with van der Waals surface area (Å²) in [7, 11) is 0. The maximum atomic E-state index is 13.3. The Morgan fingerprint density at radius 3 is 2.50 bits per heavy atom. The number of benzene rings is 2. The summed E-state index contributed by atoms with van der Waals surface area (Å²) in [6.45, 7) is 4.12. The van der Waals surface area contributed by atoms with Crippen LogP contribution < -0.4 is 0 Å². The van der Waals surface area contributed by atoms with E-state index in [9.17, 15) is 4.39 Å². The zero-order valence-electron chi connectivity index (χ0n) is 10.6. The largest absolute Gasteiger partial charge is 0.207 e. The van der Waals surface area contributed by atoms with Gasteiger partial charge in [0.25, 0.3) is 0 Å². The summed E-state index contributed by atoms with van der Waals surface area (Å²) >= 11 is 3.68. The van der Waals surface area contributed by atoms with Gasteiger partial charge >= 0.3 is 0 Å². The molecule has 0 nitrogen and oxygen atoms in total. The standard InChI is InChI=1S/C16H16BrF/c1-11-5-3-4-6-13(11)9-16(17)15-10-14(18)8-7-12(15)2/h3-8,10,16H,9H2,1-2H3. The summed E-state index contributed by atoms with van der Waals surface area (Å²) in [4.78, 5) is 0.147. The number of hydrogen-bond donors (Lipinski definition) is 0. The van der Waals surface area contributed by atoms with Gasteiger partial charge in [-0.25, -0.2) is 4.39 Å². The molecule has 0 aromatic heterocycles. The lowest BCUT2D eigenvalue weighted by Gasteiger charge is -2.14. The Morgan fingerprint density at radius 1 is 1.06 bits per heavy atom. The predicted molar refractivity (Wildman–Crippen MR) is 77.7 cm³/mol. The Balaban J connectivity index is 2.25. The van der Waals surface area contributed by atoms with Crippen LogP contribution in [0.3, 0.4) is 0 Å². The second-order valence-electron chi connectivity index (χ2n) is 4.60. The maximum Gasteiger partial charge on any atom is 0.123 e. The molecule has 1 atom stereocenters. The normalized spacial score (nSPS) is 12.4. The van der Waals surface area contributed by atoms with Crippen molar-refractivity contribution in [3.63, 3.8) is 0 Å². The molecular formula is C16H16BrF. The molecule has 94 valence electrons. The number of rotatable bonds is 3. The van der Waals surface area contributed by atoms with E-state index >= 15 is 0 Å². The third-order valence-corrected chi connectivity index (χ3v) is 4.06. The molecule has 0 heterocycles. The Hall–Kier alpha value is -1.15. The molecule has 0 fully saturated rings. The van der Waals surface area contributed by atoms with Gasteiger partial charge in [-0.1, -0.05) is 46.3 Å². The fourth-order valence-corrected chi connectivity index (χ4v) is 2.93. The monoisotopic (exact) mass is 306 g/mol. The summed E-state index contributed by atoms with van der Waals surface area (Å²) in [5.74, 6) is -0.176.